The highest BCUT2D eigenvalue weighted by atomic mass is 32.2. The second-order valence-corrected chi connectivity index (χ2v) is 7.22. The molecule has 0 aliphatic rings. The highest BCUT2D eigenvalue weighted by Gasteiger charge is 2.28. The van der Waals surface area contributed by atoms with Crippen LogP contribution in [0.25, 0.3) is 0 Å². The zero-order valence-electron chi connectivity index (χ0n) is 13.4. The summed E-state index contributed by atoms with van der Waals surface area (Å²) in [6, 6.07) is 4.88. The van der Waals surface area contributed by atoms with E-state index in [-0.39, 0.29) is 5.56 Å². The van der Waals surface area contributed by atoms with Crippen LogP contribution >= 0.6 is 0 Å². The highest BCUT2D eigenvalue weighted by Crippen LogP contribution is 2.25. The monoisotopic (exact) mass is 376 g/mol. The number of nitrogens with zero attached hydrogens (tertiary/aromatic N) is 1. The summed E-state index contributed by atoms with van der Waals surface area (Å²) in [7, 11) is -1.57. The van der Waals surface area contributed by atoms with Crippen LogP contribution < -0.4 is 4.72 Å². The lowest BCUT2D eigenvalue weighted by Gasteiger charge is -2.25. The normalized spacial score (nSPS) is 13.2. The van der Waals surface area contributed by atoms with Crippen molar-refractivity contribution < 1.29 is 26.0 Å². The molecule has 136 valence electrons. The lowest BCUT2D eigenvalue weighted by Crippen LogP contribution is -2.36. The molecule has 0 spiro atoms. The molecule has 25 heavy (non-hydrogen) atoms. The van der Waals surface area contributed by atoms with Crippen molar-refractivity contribution in [1.29, 1.82) is 0 Å². The summed E-state index contributed by atoms with van der Waals surface area (Å²) < 4.78 is 81.7. The van der Waals surface area contributed by atoms with Crippen LogP contribution in [0.5, 0.6) is 0 Å². The minimum Gasteiger partial charge on any atom is -0.301 e. The Labute approximate surface area is 143 Å². The molecule has 0 amide bonds. The fourth-order valence-corrected chi connectivity index (χ4v) is 3.54. The number of sulfonamides is 1. The number of hydrogen-bond acceptors (Lipinski definition) is 3. The lowest BCUT2D eigenvalue weighted by molar-refractivity contribution is 0.283. The van der Waals surface area contributed by atoms with Crippen LogP contribution in [0.1, 0.15) is 11.6 Å². The largest absolute Gasteiger partial charge is 0.301 e. The molecule has 4 nitrogen and oxygen atoms in total. The van der Waals surface area contributed by atoms with Gasteiger partial charge in [0.1, 0.15) is 23.3 Å². The van der Waals surface area contributed by atoms with Crippen molar-refractivity contribution in [3.63, 3.8) is 0 Å². The topological polar surface area (TPSA) is 49.4 Å². The van der Waals surface area contributed by atoms with Crippen molar-refractivity contribution in [2.24, 2.45) is 0 Å². The van der Waals surface area contributed by atoms with E-state index in [0.29, 0.717) is 0 Å². The van der Waals surface area contributed by atoms with E-state index in [2.05, 4.69) is 0 Å². The van der Waals surface area contributed by atoms with Crippen LogP contribution in [0.3, 0.4) is 0 Å². The maximum atomic E-state index is 14.0. The molecule has 1 atom stereocenters. The molecule has 0 aliphatic heterocycles. The molecule has 0 aliphatic carbocycles. The molecular formula is C16H16F4N2O2S. The second kappa shape index (κ2) is 7.51. The minimum atomic E-state index is -4.56. The zero-order valence-corrected chi connectivity index (χ0v) is 14.2. The Morgan fingerprint density at radius 1 is 0.920 bits per heavy atom. The smallest absolute Gasteiger partial charge is 0.246 e. The average molecular weight is 376 g/mol. The van der Waals surface area contributed by atoms with E-state index in [0.717, 1.165) is 30.3 Å². The summed E-state index contributed by atoms with van der Waals surface area (Å²) >= 11 is 0. The van der Waals surface area contributed by atoms with Crippen LogP contribution in [0.15, 0.2) is 41.3 Å². The summed E-state index contributed by atoms with van der Waals surface area (Å²) in [5.41, 5.74) is -0.343. The van der Waals surface area contributed by atoms with Crippen LogP contribution in [0, 0.1) is 23.3 Å². The zero-order chi connectivity index (χ0) is 18.8. The summed E-state index contributed by atoms with van der Waals surface area (Å²) in [6.07, 6.45) is 0. The van der Waals surface area contributed by atoms with Gasteiger partial charge in [-0.3, -0.25) is 0 Å². The van der Waals surface area contributed by atoms with Crippen molar-refractivity contribution in [2.45, 2.75) is 10.9 Å². The summed E-state index contributed by atoms with van der Waals surface area (Å²) in [4.78, 5) is 0.253. The number of nitrogens with one attached hydrogen (secondary N) is 1. The van der Waals surface area contributed by atoms with Gasteiger partial charge in [0.15, 0.2) is 4.90 Å². The Morgan fingerprint density at radius 3 is 1.80 bits per heavy atom. The van der Waals surface area contributed by atoms with Crippen molar-refractivity contribution >= 4 is 10.0 Å². The van der Waals surface area contributed by atoms with Crippen LogP contribution in [0.4, 0.5) is 17.6 Å². The molecular weight excluding hydrogens is 360 g/mol. The molecule has 0 bridgehead atoms. The molecule has 0 saturated carbocycles. The quantitative estimate of drug-likeness (QED) is 0.789. The van der Waals surface area contributed by atoms with E-state index >= 15 is 0 Å². The number of halogens is 4. The number of likely N-dealkylation sites (N-methyl/N-ethyl adjacent to an activating group) is 1. The second-order valence-electron chi connectivity index (χ2n) is 5.52. The first-order valence-corrected chi connectivity index (χ1v) is 8.67. The number of benzene rings is 2. The molecule has 2 aromatic rings. The Morgan fingerprint density at radius 2 is 1.36 bits per heavy atom. The Kier molecular flexibility index (Phi) is 5.81. The van der Waals surface area contributed by atoms with Crippen molar-refractivity contribution in [1.82, 2.24) is 9.62 Å². The van der Waals surface area contributed by atoms with Crippen LogP contribution in [-0.4, -0.2) is 34.0 Å². The van der Waals surface area contributed by atoms with E-state index in [1.54, 1.807) is 0 Å². The van der Waals surface area contributed by atoms with Crippen molar-refractivity contribution in [3.05, 3.63) is 65.2 Å². The Balaban J connectivity index is 2.34. The Bertz CT molecular complexity index is 832. The standard InChI is InChI=1S/C16H16F4N2O2S/c1-22(2)14(15-10(17)5-3-6-11(15)18)9-21-25(23,24)16-12(19)7-4-8-13(16)20/h3-8,14,21H,9H2,1-2H3. The van der Waals surface area contributed by atoms with Gasteiger partial charge in [-0.2, -0.15) is 0 Å². The van der Waals surface area contributed by atoms with E-state index < -0.39 is 50.8 Å². The molecule has 0 heterocycles. The fourth-order valence-electron chi connectivity index (χ4n) is 2.37. The van der Waals surface area contributed by atoms with Crippen molar-refractivity contribution in [3.8, 4) is 0 Å². The summed E-state index contributed by atoms with van der Waals surface area (Å²) in [5, 5.41) is 0. The van der Waals surface area contributed by atoms with Gasteiger partial charge in [0.2, 0.25) is 10.0 Å². The first-order valence-electron chi connectivity index (χ1n) is 7.19. The number of hydrogen-bond donors (Lipinski definition) is 1. The molecule has 0 fully saturated rings. The first-order chi connectivity index (χ1) is 11.6. The van der Waals surface area contributed by atoms with E-state index in [4.69, 9.17) is 0 Å². The first kappa shape index (κ1) is 19.4. The molecule has 0 saturated heterocycles. The van der Waals surface area contributed by atoms with E-state index in [1.807, 2.05) is 4.72 Å². The van der Waals surface area contributed by atoms with Gasteiger partial charge < -0.3 is 4.90 Å². The van der Waals surface area contributed by atoms with Gasteiger partial charge in [-0.15, -0.1) is 0 Å². The molecule has 0 radical (unpaired) electrons. The third-order valence-electron chi connectivity index (χ3n) is 3.61. The third-order valence-corrected chi connectivity index (χ3v) is 5.08. The highest BCUT2D eigenvalue weighted by molar-refractivity contribution is 7.89. The third kappa shape index (κ3) is 4.17. The fraction of sp³-hybridized carbons (Fsp3) is 0.250. The number of rotatable bonds is 6. The minimum absolute atomic E-state index is 0.343. The molecule has 2 rings (SSSR count). The summed E-state index contributed by atoms with van der Waals surface area (Å²) in [6.45, 7) is -0.485. The van der Waals surface area contributed by atoms with Gasteiger partial charge in [0.25, 0.3) is 0 Å². The lowest BCUT2D eigenvalue weighted by atomic mass is 10.0. The predicted octanol–water partition coefficient (Wildman–Crippen LogP) is 2.82. The average Bonchev–Trinajstić information content (AvgIpc) is 2.49. The van der Waals surface area contributed by atoms with Crippen LogP contribution in [0.2, 0.25) is 0 Å². The van der Waals surface area contributed by atoms with Gasteiger partial charge in [-0.05, 0) is 38.4 Å². The van der Waals surface area contributed by atoms with Gasteiger partial charge >= 0.3 is 0 Å². The molecule has 1 unspecified atom stereocenters. The maximum Gasteiger partial charge on any atom is 0.246 e. The van der Waals surface area contributed by atoms with E-state index in [9.17, 15) is 26.0 Å². The van der Waals surface area contributed by atoms with Gasteiger partial charge in [-0.1, -0.05) is 12.1 Å². The SMILES string of the molecule is CN(C)C(CNS(=O)(=O)c1c(F)cccc1F)c1c(F)cccc1F. The predicted molar refractivity (Wildman–Crippen MR) is 84.3 cm³/mol. The molecule has 9 heteroatoms. The van der Waals surface area contributed by atoms with Gasteiger partial charge in [-0.25, -0.2) is 30.7 Å². The van der Waals surface area contributed by atoms with E-state index in [1.165, 1.54) is 25.1 Å². The molecule has 2 aromatic carbocycles. The summed E-state index contributed by atoms with van der Waals surface area (Å²) in [5.74, 6) is -4.22. The van der Waals surface area contributed by atoms with Gasteiger partial charge in [0.05, 0.1) is 6.04 Å². The van der Waals surface area contributed by atoms with Crippen molar-refractivity contribution in [2.75, 3.05) is 20.6 Å². The maximum absolute atomic E-state index is 14.0. The van der Waals surface area contributed by atoms with Gasteiger partial charge in [0, 0.05) is 12.1 Å². The Hall–Kier alpha value is -1.97. The molecule has 1 N–H and O–H groups in total. The van der Waals surface area contributed by atoms with Crippen LogP contribution in [-0.2, 0) is 10.0 Å². The molecule has 0 aromatic heterocycles.